The van der Waals surface area contributed by atoms with Crippen LogP contribution in [0.5, 0.6) is 0 Å². The van der Waals surface area contributed by atoms with Gasteiger partial charge < -0.3 is 5.73 Å². The zero-order valence-electron chi connectivity index (χ0n) is 9.64. The average Bonchev–Trinajstić information content (AvgIpc) is 2.60. The zero-order chi connectivity index (χ0) is 11.5. The molecule has 4 nitrogen and oxygen atoms in total. The zero-order valence-corrected chi connectivity index (χ0v) is 9.64. The average molecular weight is 216 g/mol. The van der Waals surface area contributed by atoms with Crippen molar-refractivity contribution in [3.8, 4) is 0 Å². The topological polar surface area (TPSA) is 56.7 Å². The van der Waals surface area contributed by atoms with Crippen molar-refractivity contribution in [2.75, 3.05) is 0 Å². The van der Waals surface area contributed by atoms with Crippen molar-refractivity contribution >= 4 is 0 Å². The quantitative estimate of drug-likeness (QED) is 0.838. The van der Waals surface area contributed by atoms with Gasteiger partial charge in [0.2, 0.25) is 0 Å². The molecule has 2 rings (SSSR count). The van der Waals surface area contributed by atoms with Crippen LogP contribution in [0.25, 0.3) is 0 Å². The molecule has 4 heteroatoms. The highest BCUT2D eigenvalue weighted by Crippen LogP contribution is 2.09. The van der Waals surface area contributed by atoms with Crippen molar-refractivity contribution in [3.63, 3.8) is 0 Å². The lowest BCUT2D eigenvalue weighted by Crippen LogP contribution is -2.00. The van der Waals surface area contributed by atoms with Crippen molar-refractivity contribution in [2.45, 2.75) is 19.9 Å². The number of hydrogen-bond donors (Lipinski definition) is 1. The lowest BCUT2D eigenvalue weighted by atomic mass is 10.1. The van der Waals surface area contributed by atoms with E-state index in [9.17, 15) is 0 Å². The molecule has 0 spiro atoms. The fourth-order valence-corrected chi connectivity index (χ4v) is 1.72. The van der Waals surface area contributed by atoms with E-state index in [0.29, 0.717) is 12.4 Å². The summed E-state index contributed by atoms with van der Waals surface area (Å²) in [4.78, 5) is 4.38. The van der Waals surface area contributed by atoms with E-state index >= 15 is 0 Å². The maximum absolute atomic E-state index is 5.51. The minimum atomic E-state index is 0.391. The summed E-state index contributed by atoms with van der Waals surface area (Å²) < 4.78 is 1.80. The fourth-order valence-electron chi connectivity index (χ4n) is 1.72. The van der Waals surface area contributed by atoms with Gasteiger partial charge in [0.1, 0.15) is 5.82 Å². The van der Waals surface area contributed by atoms with Crippen LogP contribution in [0.2, 0.25) is 0 Å². The van der Waals surface area contributed by atoms with E-state index < -0.39 is 0 Å². The Labute approximate surface area is 95.1 Å². The maximum atomic E-state index is 5.51. The standard InChI is InChI=1S/C12H16N4/c1-9-4-3-5-10(6-9)7-12-14-11(8-13)15-16(12)2/h3-6H,7-8,13H2,1-2H3. The lowest BCUT2D eigenvalue weighted by Gasteiger charge is -2.01. The molecule has 0 amide bonds. The first-order valence-corrected chi connectivity index (χ1v) is 5.33. The predicted molar refractivity (Wildman–Crippen MR) is 62.9 cm³/mol. The molecule has 16 heavy (non-hydrogen) atoms. The van der Waals surface area contributed by atoms with E-state index in [2.05, 4.69) is 41.3 Å². The third kappa shape index (κ3) is 2.28. The van der Waals surface area contributed by atoms with Gasteiger partial charge in [-0.3, -0.25) is 4.68 Å². The number of nitrogens with two attached hydrogens (primary N) is 1. The van der Waals surface area contributed by atoms with Crippen LogP contribution in [0.1, 0.15) is 22.8 Å². The van der Waals surface area contributed by atoms with E-state index in [0.717, 1.165) is 12.2 Å². The summed E-state index contributed by atoms with van der Waals surface area (Å²) in [6.45, 7) is 2.48. The normalized spacial score (nSPS) is 10.7. The molecule has 1 aromatic heterocycles. The van der Waals surface area contributed by atoms with Crippen LogP contribution in [0.3, 0.4) is 0 Å². The second-order valence-corrected chi connectivity index (χ2v) is 3.94. The van der Waals surface area contributed by atoms with Gasteiger partial charge in [-0.25, -0.2) is 4.98 Å². The molecular formula is C12H16N4. The van der Waals surface area contributed by atoms with Gasteiger partial charge in [-0.2, -0.15) is 5.10 Å². The summed E-state index contributed by atoms with van der Waals surface area (Å²) >= 11 is 0. The van der Waals surface area contributed by atoms with E-state index in [1.807, 2.05) is 7.05 Å². The third-order valence-corrected chi connectivity index (χ3v) is 2.52. The van der Waals surface area contributed by atoms with Gasteiger partial charge in [-0.1, -0.05) is 29.8 Å². The number of aromatic nitrogens is 3. The van der Waals surface area contributed by atoms with Crippen molar-refractivity contribution in [3.05, 3.63) is 47.0 Å². The first-order chi connectivity index (χ1) is 7.69. The maximum Gasteiger partial charge on any atom is 0.164 e. The number of nitrogens with zero attached hydrogens (tertiary/aromatic N) is 3. The second-order valence-electron chi connectivity index (χ2n) is 3.94. The Morgan fingerprint density at radius 3 is 2.81 bits per heavy atom. The summed E-state index contributed by atoms with van der Waals surface area (Å²) in [6.07, 6.45) is 0.797. The fraction of sp³-hybridized carbons (Fsp3) is 0.333. The first kappa shape index (κ1) is 10.8. The Morgan fingerprint density at radius 2 is 2.19 bits per heavy atom. The highest BCUT2D eigenvalue weighted by atomic mass is 15.3. The van der Waals surface area contributed by atoms with E-state index in [-0.39, 0.29) is 0 Å². The number of benzene rings is 1. The van der Waals surface area contributed by atoms with Crippen molar-refractivity contribution < 1.29 is 0 Å². The molecule has 0 radical (unpaired) electrons. The summed E-state index contributed by atoms with van der Waals surface area (Å²) in [5.74, 6) is 1.65. The summed E-state index contributed by atoms with van der Waals surface area (Å²) in [5, 5.41) is 4.23. The van der Waals surface area contributed by atoms with Gasteiger partial charge in [0.15, 0.2) is 5.82 Å². The first-order valence-electron chi connectivity index (χ1n) is 5.33. The van der Waals surface area contributed by atoms with Gasteiger partial charge in [0.05, 0.1) is 6.54 Å². The molecule has 0 aliphatic rings. The summed E-state index contributed by atoms with van der Waals surface area (Å²) in [5.41, 5.74) is 8.02. The summed E-state index contributed by atoms with van der Waals surface area (Å²) in [7, 11) is 1.90. The molecule has 1 aromatic carbocycles. The van der Waals surface area contributed by atoms with Gasteiger partial charge in [-0.15, -0.1) is 0 Å². The van der Waals surface area contributed by atoms with E-state index in [4.69, 9.17) is 5.73 Å². The minimum absolute atomic E-state index is 0.391. The molecule has 1 heterocycles. The van der Waals surface area contributed by atoms with Crippen LogP contribution < -0.4 is 5.73 Å². The van der Waals surface area contributed by atoms with Gasteiger partial charge in [0, 0.05) is 13.5 Å². The van der Waals surface area contributed by atoms with Gasteiger partial charge in [0.25, 0.3) is 0 Å². The van der Waals surface area contributed by atoms with Crippen LogP contribution in [0.15, 0.2) is 24.3 Å². The lowest BCUT2D eigenvalue weighted by molar-refractivity contribution is 0.705. The summed E-state index contributed by atoms with van der Waals surface area (Å²) in [6, 6.07) is 8.41. The Kier molecular flexibility index (Phi) is 3.01. The molecule has 0 bridgehead atoms. The van der Waals surface area contributed by atoms with Gasteiger partial charge in [-0.05, 0) is 12.5 Å². The van der Waals surface area contributed by atoms with Crippen LogP contribution in [-0.4, -0.2) is 14.8 Å². The molecule has 0 atom stereocenters. The predicted octanol–water partition coefficient (Wildman–Crippen LogP) is 1.17. The second kappa shape index (κ2) is 4.45. The van der Waals surface area contributed by atoms with Crippen LogP contribution in [0.4, 0.5) is 0 Å². The molecule has 0 saturated heterocycles. The Morgan fingerprint density at radius 1 is 1.38 bits per heavy atom. The Balaban J connectivity index is 2.23. The number of aryl methyl sites for hydroxylation is 2. The number of rotatable bonds is 3. The highest BCUT2D eigenvalue weighted by Gasteiger charge is 2.06. The number of hydrogen-bond acceptors (Lipinski definition) is 3. The third-order valence-electron chi connectivity index (χ3n) is 2.52. The van der Waals surface area contributed by atoms with Crippen LogP contribution in [0, 0.1) is 6.92 Å². The van der Waals surface area contributed by atoms with Crippen molar-refractivity contribution in [1.82, 2.24) is 14.8 Å². The molecular weight excluding hydrogens is 200 g/mol. The van der Waals surface area contributed by atoms with Crippen LogP contribution >= 0.6 is 0 Å². The molecule has 84 valence electrons. The molecule has 0 saturated carbocycles. The molecule has 0 aliphatic heterocycles. The monoisotopic (exact) mass is 216 g/mol. The molecule has 2 aromatic rings. The van der Waals surface area contributed by atoms with Crippen molar-refractivity contribution in [2.24, 2.45) is 12.8 Å². The van der Waals surface area contributed by atoms with E-state index in [1.54, 1.807) is 4.68 Å². The van der Waals surface area contributed by atoms with E-state index in [1.165, 1.54) is 11.1 Å². The Hall–Kier alpha value is -1.68. The van der Waals surface area contributed by atoms with Crippen LogP contribution in [-0.2, 0) is 20.0 Å². The molecule has 0 aliphatic carbocycles. The molecule has 0 fully saturated rings. The highest BCUT2D eigenvalue weighted by molar-refractivity contribution is 5.24. The van der Waals surface area contributed by atoms with Gasteiger partial charge >= 0.3 is 0 Å². The minimum Gasteiger partial charge on any atom is -0.324 e. The largest absolute Gasteiger partial charge is 0.324 e. The molecule has 0 unspecified atom stereocenters. The van der Waals surface area contributed by atoms with Crippen molar-refractivity contribution in [1.29, 1.82) is 0 Å². The molecule has 2 N–H and O–H groups in total. The Bertz CT molecular complexity index is 488. The smallest absolute Gasteiger partial charge is 0.164 e. The SMILES string of the molecule is Cc1cccc(Cc2nc(CN)nn2C)c1.